The van der Waals surface area contributed by atoms with Crippen molar-refractivity contribution < 1.29 is 57.7 Å². The molecule has 29 heavy (non-hydrogen) atoms. The van der Waals surface area contributed by atoms with Crippen LogP contribution >= 0.6 is 33.7 Å². The summed E-state index contributed by atoms with van der Waals surface area (Å²) in [5, 5.41) is 0. The first kappa shape index (κ1) is 25.6. The van der Waals surface area contributed by atoms with Crippen molar-refractivity contribution in [1.82, 2.24) is 4.86 Å². The highest BCUT2D eigenvalue weighted by atomic mass is 35.7. The van der Waals surface area contributed by atoms with Gasteiger partial charge >= 0.3 is 39.4 Å². The molecule has 0 aromatic carbocycles. The fraction of sp³-hybridized carbons (Fsp3) is 1.00. The molecule has 8 nitrogen and oxygen atoms in total. The second-order valence-corrected chi connectivity index (χ2v) is 13.7. The highest BCUT2D eigenvalue weighted by Crippen LogP contribution is 2.83. The van der Waals surface area contributed by atoms with Gasteiger partial charge in [0.15, 0.2) is 0 Å². The minimum atomic E-state index is -6.55. The number of nitrogens with zero attached hydrogens (tertiary/aromatic N) is 2. The third kappa shape index (κ3) is 4.22. The molecule has 0 spiro atoms. The minimum Gasteiger partial charge on any atom is -0.313 e. The van der Waals surface area contributed by atoms with Gasteiger partial charge in [0.25, 0.3) is 6.78 Å². The van der Waals surface area contributed by atoms with Crippen molar-refractivity contribution >= 4 is 33.7 Å². The molecule has 1 N–H and O–H groups in total. The number of hydrogen-bond acceptors (Lipinski definition) is 8. The molecule has 0 amide bonds. The fourth-order valence-electron chi connectivity index (χ4n) is 1.94. The first-order valence-electron chi connectivity index (χ1n) is 7.10. The zero-order valence-electron chi connectivity index (χ0n) is 14.6. The Hall–Kier alpha value is 0.380. The highest BCUT2D eigenvalue weighted by molar-refractivity contribution is 7.96. The van der Waals surface area contributed by atoms with E-state index in [4.69, 9.17) is 24.8 Å². The van der Waals surface area contributed by atoms with Gasteiger partial charge in [0, 0.05) is 11.6 Å². The molecular weight excluding hydrogens is 510 g/mol. The summed E-state index contributed by atoms with van der Waals surface area (Å²) in [5.74, 6) is -24.7. The van der Waals surface area contributed by atoms with Crippen molar-refractivity contribution in [2.45, 2.75) is 23.7 Å². The van der Waals surface area contributed by atoms with Crippen LogP contribution in [-0.4, -0.2) is 58.2 Å². The number of hydrogen-bond donors (Lipinski definition) is 1. The average molecular weight is 525 g/mol. The van der Waals surface area contributed by atoms with Crippen molar-refractivity contribution in [3.63, 3.8) is 0 Å². The van der Waals surface area contributed by atoms with E-state index in [1.54, 1.807) is 0 Å². The maximum absolute atomic E-state index is 14.0. The predicted octanol–water partition coefficient (Wildman–Crippen LogP) is 5.93. The first-order chi connectivity index (χ1) is 13.0. The highest BCUT2D eigenvalue weighted by Gasteiger charge is 2.81. The Balaban J connectivity index is 2.74. The molecule has 0 aromatic rings. The van der Waals surface area contributed by atoms with E-state index in [1.807, 2.05) is 4.86 Å². The molecule has 1 saturated heterocycles. The molecule has 0 saturated carbocycles. The minimum absolute atomic E-state index is 0.815. The summed E-state index contributed by atoms with van der Waals surface area (Å²) in [4.78, 5) is 2.04. The summed E-state index contributed by atoms with van der Waals surface area (Å²) < 4.78 is 142. The molecule has 0 unspecified atom stereocenters. The van der Waals surface area contributed by atoms with E-state index in [0.717, 1.165) is 21.3 Å². The molecule has 2 bridgehead atoms. The van der Waals surface area contributed by atoms with Crippen LogP contribution < -0.4 is 4.86 Å². The second-order valence-electron chi connectivity index (χ2n) is 5.44. The summed E-state index contributed by atoms with van der Waals surface area (Å²) >= 11 is 5.97. The topological polar surface area (TPSA) is 82.9 Å². The van der Waals surface area contributed by atoms with E-state index in [1.165, 1.54) is 0 Å². The van der Waals surface area contributed by atoms with Gasteiger partial charge < -0.3 is 13.6 Å². The number of alkyl halides is 8. The Labute approximate surface area is 164 Å². The van der Waals surface area contributed by atoms with Gasteiger partial charge in [-0.15, -0.1) is 0 Å². The fourth-order valence-corrected chi connectivity index (χ4v) is 12.4. The lowest BCUT2D eigenvalue weighted by Gasteiger charge is -2.36. The van der Waals surface area contributed by atoms with E-state index < -0.39 is 59.4 Å². The van der Waals surface area contributed by atoms with E-state index in [2.05, 4.69) is 18.1 Å². The molecule has 0 radical (unpaired) electrons. The maximum Gasteiger partial charge on any atom is 0.539 e. The van der Waals surface area contributed by atoms with Crippen molar-refractivity contribution in [2.24, 2.45) is 9.03 Å². The molecular formula is C9H14ClF8N3O5P3+. The third-order valence-corrected chi connectivity index (χ3v) is 13.2. The molecule has 172 valence electrons. The van der Waals surface area contributed by atoms with Gasteiger partial charge in [0.2, 0.25) is 0 Å². The Morgan fingerprint density at radius 2 is 1.31 bits per heavy atom. The number of fused-ring (bicyclic) bond motifs is 2. The molecule has 2 aliphatic rings. The van der Waals surface area contributed by atoms with Crippen molar-refractivity contribution in [1.29, 1.82) is 0 Å². The summed E-state index contributed by atoms with van der Waals surface area (Å²) in [6.07, 6.45) is 0. The lowest BCUT2D eigenvalue weighted by molar-refractivity contribution is -0.371. The molecule has 2 atom stereocenters. The van der Waals surface area contributed by atoms with Crippen LogP contribution in [0.1, 0.15) is 0 Å². The normalized spacial score (nSPS) is 37.5. The predicted molar refractivity (Wildman–Crippen MR) is 87.3 cm³/mol. The molecule has 20 heteroatoms. The largest absolute Gasteiger partial charge is 0.539 e. The third-order valence-electron chi connectivity index (χ3n) is 3.58. The zero-order valence-corrected chi connectivity index (χ0v) is 18.0. The van der Waals surface area contributed by atoms with E-state index >= 15 is 0 Å². The van der Waals surface area contributed by atoms with Crippen LogP contribution in [0, 0.1) is 0 Å². The maximum atomic E-state index is 14.0. The second kappa shape index (κ2) is 7.75. The van der Waals surface area contributed by atoms with Gasteiger partial charge in [-0.25, -0.2) is 0 Å². The smallest absolute Gasteiger partial charge is 0.313 e. The Morgan fingerprint density at radius 1 is 0.862 bits per heavy atom. The molecule has 2 heterocycles. The van der Waals surface area contributed by atoms with Crippen LogP contribution in [-0.2, 0) is 22.6 Å². The van der Waals surface area contributed by atoms with Crippen molar-refractivity contribution in [2.75, 3.05) is 34.5 Å². The lowest BCUT2D eigenvalue weighted by atomic mass is 9.99. The van der Waals surface area contributed by atoms with Crippen LogP contribution in [0.15, 0.2) is 9.03 Å². The summed E-state index contributed by atoms with van der Waals surface area (Å²) in [6, 6.07) is 0. The van der Waals surface area contributed by atoms with Gasteiger partial charge in [-0.2, -0.15) is 49.0 Å². The van der Waals surface area contributed by atoms with E-state index in [9.17, 15) is 35.1 Å². The van der Waals surface area contributed by atoms with Gasteiger partial charge in [-0.3, -0.25) is 0 Å². The van der Waals surface area contributed by atoms with Crippen LogP contribution in [0.2, 0.25) is 0 Å². The molecule has 1 fully saturated rings. The van der Waals surface area contributed by atoms with Gasteiger partial charge in [0.1, 0.15) is 13.2 Å². The molecule has 0 aliphatic carbocycles. The van der Waals surface area contributed by atoms with Gasteiger partial charge in [-0.05, 0) is 15.8 Å². The van der Waals surface area contributed by atoms with Crippen LogP contribution in [0.4, 0.5) is 35.1 Å². The lowest BCUT2D eigenvalue weighted by Crippen LogP contribution is -2.64. The summed E-state index contributed by atoms with van der Waals surface area (Å²) in [5.41, 5.74) is 0. The van der Waals surface area contributed by atoms with Crippen LogP contribution in [0.3, 0.4) is 0 Å². The van der Waals surface area contributed by atoms with Gasteiger partial charge in [0.05, 0.1) is 14.2 Å². The average Bonchev–Trinajstić information content (AvgIpc) is 2.63. The van der Waals surface area contributed by atoms with Crippen LogP contribution in [0.25, 0.3) is 0 Å². The van der Waals surface area contributed by atoms with Crippen LogP contribution in [0.5, 0.6) is 0 Å². The monoisotopic (exact) mass is 524 g/mol. The Bertz CT molecular complexity index is 768. The molecule has 0 aromatic heterocycles. The van der Waals surface area contributed by atoms with Crippen molar-refractivity contribution in [3.05, 3.63) is 0 Å². The zero-order chi connectivity index (χ0) is 22.6. The quantitative estimate of drug-likeness (QED) is 0.364. The number of nitrogens with one attached hydrogen (secondary N) is 1. The Morgan fingerprint density at radius 3 is 1.72 bits per heavy atom. The Kier molecular flexibility index (Phi) is 6.86. The summed E-state index contributed by atoms with van der Waals surface area (Å²) in [7, 11) is -5.49. The first-order valence-corrected chi connectivity index (χ1v) is 12.8. The van der Waals surface area contributed by atoms with E-state index in [-0.39, 0.29) is 0 Å². The number of halogens is 9. The summed E-state index contributed by atoms with van der Waals surface area (Å²) in [6.45, 7) is -9.35. The number of rotatable bonds is 3. The SMILES string of the molecule is CO[P@@]12=N[P+](OC)(OC)N=[P@@](Cl)(N1)OCC(F)(F)C(F)(F)C(F)(F)C(F)(F)CO2. The molecule has 2 aliphatic heterocycles. The standard InChI is InChI=1S/C9H14ClF8N3O5P3/c1-22-28(23-2)19-27(10)20-29(21-28,24-3)26-5-7(13,14)9(17,18)8(15,16)6(11,12)4-25-27/h20H,4-5H2,1-3H3/q+1/t27-,29-/m0/s1. The van der Waals surface area contributed by atoms with Crippen molar-refractivity contribution in [3.8, 4) is 0 Å². The molecule has 2 rings (SSSR count). The van der Waals surface area contributed by atoms with Gasteiger partial charge in [-0.1, -0.05) is 0 Å². The van der Waals surface area contributed by atoms with E-state index in [0.29, 0.717) is 0 Å².